The molecule has 3 rings (SSSR count). The van der Waals surface area contributed by atoms with E-state index in [1.54, 1.807) is 30.7 Å². The highest BCUT2D eigenvalue weighted by Gasteiger charge is 2.26. The van der Waals surface area contributed by atoms with Crippen LogP contribution in [-0.2, 0) is 0 Å². The second-order valence-corrected chi connectivity index (χ2v) is 6.44. The molecule has 0 spiro atoms. The number of carbonyl (C=O) groups is 1. The molecular weight excluding hydrogens is 308 g/mol. The number of aromatic nitrogens is 3. The highest BCUT2D eigenvalue weighted by atomic mass is 16.5. The maximum Gasteiger partial charge on any atom is 0.267 e. The minimum Gasteiger partial charge on any atom is -0.361 e. The van der Waals surface area contributed by atoms with Crippen LogP contribution in [0.15, 0.2) is 21.5 Å². The van der Waals surface area contributed by atoms with E-state index in [1.165, 1.54) is 0 Å². The predicted octanol–water partition coefficient (Wildman–Crippen LogP) is 2.07. The van der Waals surface area contributed by atoms with Gasteiger partial charge < -0.3 is 9.84 Å². The summed E-state index contributed by atoms with van der Waals surface area (Å²) in [5, 5.41) is 11.2. The van der Waals surface area contributed by atoms with Crippen LogP contribution in [0.25, 0.3) is 0 Å². The van der Waals surface area contributed by atoms with Gasteiger partial charge in [0.25, 0.3) is 11.5 Å². The number of carbonyl (C=O) groups excluding carboxylic acids is 1. The molecule has 24 heavy (non-hydrogen) atoms. The summed E-state index contributed by atoms with van der Waals surface area (Å²) < 4.78 is 6.63. The average Bonchev–Trinajstić information content (AvgIpc) is 2.89. The van der Waals surface area contributed by atoms with Crippen LogP contribution in [0.4, 0.5) is 0 Å². The number of hydrogen-bond acceptors (Lipinski definition) is 5. The van der Waals surface area contributed by atoms with Gasteiger partial charge in [-0.1, -0.05) is 5.16 Å². The molecule has 0 radical (unpaired) electrons. The third kappa shape index (κ3) is 3.25. The fourth-order valence-corrected chi connectivity index (χ4v) is 3.31. The Kier molecular flexibility index (Phi) is 4.51. The van der Waals surface area contributed by atoms with Crippen molar-refractivity contribution in [3.8, 4) is 0 Å². The highest BCUT2D eigenvalue weighted by Crippen LogP contribution is 2.27. The normalized spacial score (nSPS) is 20.8. The molecule has 1 amide bonds. The van der Waals surface area contributed by atoms with Crippen LogP contribution in [0.2, 0.25) is 0 Å². The molecule has 1 fully saturated rings. The molecule has 7 nitrogen and oxygen atoms in total. The van der Waals surface area contributed by atoms with Crippen LogP contribution in [0.1, 0.15) is 59.2 Å². The number of nitrogens with one attached hydrogen (secondary N) is 1. The zero-order valence-corrected chi connectivity index (χ0v) is 14.2. The Balaban J connectivity index is 1.62. The summed E-state index contributed by atoms with van der Waals surface area (Å²) in [5.74, 6) is 0.398. The van der Waals surface area contributed by atoms with Crippen molar-refractivity contribution in [3.63, 3.8) is 0 Å². The molecule has 0 atom stereocenters. The van der Waals surface area contributed by atoms with Gasteiger partial charge in [-0.25, -0.2) is 4.68 Å². The van der Waals surface area contributed by atoms with E-state index in [9.17, 15) is 9.59 Å². The Morgan fingerprint density at radius 2 is 1.92 bits per heavy atom. The molecule has 0 aromatic carbocycles. The van der Waals surface area contributed by atoms with Crippen molar-refractivity contribution in [2.24, 2.45) is 0 Å². The van der Waals surface area contributed by atoms with Crippen molar-refractivity contribution in [1.82, 2.24) is 20.3 Å². The van der Waals surface area contributed by atoms with Crippen LogP contribution in [0.5, 0.6) is 0 Å². The maximum absolute atomic E-state index is 12.4. The first-order valence-electron chi connectivity index (χ1n) is 8.26. The summed E-state index contributed by atoms with van der Waals surface area (Å²) >= 11 is 0. The average molecular weight is 330 g/mol. The fraction of sp³-hybridized carbons (Fsp3) is 0.529. The lowest BCUT2D eigenvalue weighted by molar-refractivity contribution is 0.0919. The monoisotopic (exact) mass is 330 g/mol. The molecule has 1 aliphatic rings. The molecular formula is C17H22N4O3. The molecule has 1 saturated carbocycles. The first-order chi connectivity index (χ1) is 11.5. The van der Waals surface area contributed by atoms with E-state index < -0.39 is 0 Å². The summed E-state index contributed by atoms with van der Waals surface area (Å²) in [7, 11) is 0. The third-order valence-electron chi connectivity index (χ3n) is 4.60. The molecule has 128 valence electrons. The van der Waals surface area contributed by atoms with Gasteiger partial charge >= 0.3 is 0 Å². The van der Waals surface area contributed by atoms with E-state index in [0.717, 1.165) is 31.4 Å². The van der Waals surface area contributed by atoms with E-state index in [0.29, 0.717) is 17.0 Å². The van der Waals surface area contributed by atoms with Gasteiger partial charge in [-0.2, -0.15) is 5.10 Å². The van der Waals surface area contributed by atoms with Crippen molar-refractivity contribution in [1.29, 1.82) is 0 Å². The number of amides is 1. The van der Waals surface area contributed by atoms with Gasteiger partial charge in [0, 0.05) is 12.1 Å². The lowest BCUT2D eigenvalue weighted by atomic mass is 9.91. The summed E-state index contributed by atoms with van der Waals surface area (Å²) in [4.78, 5) is 24.4. The Hall–Kier alpha value is -2.44. The van der Waals surface area contributed by atoms with Crippen molar-refractivity contribution in [3.05, 3.63) is 45.2 Å². The molecule has 0 aliphatic heterocycles. The van der Waals surface area contributed by atoms with E-state index >= 15 is 0 Å². The van der Waals surface area contributed by atoms with Crippen LogP contribution in [0.3, 0.4) is 0 Å². The molecule has 1 aliphatic carbocycles. The summed E-state index contributed by atoms with van der Waals surface area (Å²) in [6.07, 6.45) is 3.29. The lowest BCUT2D eigenvalue weighted by Gasteiger charge is -2.29. The summed E-state index contributed by atoms with van der Waals surface area (Å²) in [6, 6.07) is 3.50. The van der Waals surface area contributed by atoms with E-state index in [1.807, 2.05) is 6.92 Å². The lowest BCUT2D eigenvalue weighted by Crippen LogP contribution is -2.39. The number of rotatable bonds is 3. The highest BCUT2D eigenvalue weighted by molar-refractivity contribution is 5.96. The van der Waals surface area contributed by atoms with Gasteiger partial charge in [-0.3, -0.25) is 9.59 Å². The van der Waals surface area contributed by atoms with Gasteiger partial charge in [-0.15, -0.1) is 0 Å². The smallest absolute Gasteiger partial charge is 0.267 e. The van der Waals surface area contributed by atoms with Crippen molar-refractivity contribution in [2.75, 3.05) is 0 Å². The first-order valence-corrected chi connectivity index (χ1v) is 8.26. The number of hydrogen-bond donors (Lipinski definition) is 1. The Bertz CT molecular complexity index is 781. The van der Waals surface area contributed by atoms with Gasteiger partial charge in [0.05, 0.1) is 17.4 Å². The third-order valence-corrected chi connectivity index (χ3v) is 4.60. The topological polar surface area (TPSA) is 90.0 Å². The first kappa shape index (κ1) is 16.4. The predicted molar refractivity (Wildman–Crippen MR) is 88.0 cm³/mol. The second kappa shape index (κ2) is 6.59. The van der Waals surface area contributed by atoms with Crippen molar-refractivity contribution < 1.29 is 9.32 Å². The molecule has 1 N–H and O–H groups in total. The van der Waals surface area contributed by atoms with Gasteiger partial charge in [0.15, 0.2) is 0 Å². The number of aryl methyl sites for hydroxylation is 3. The van der Waals surface area contributed by atoms with Crippen LogP contribution >= 0.6 is 0 Å². The SMILES string of the molecule is Cc1ccc(=O)n(C2CCC(NC(=O)c3c(C)noc3C)CC2)n1. The summed E-state index contributed by atoms with van der Waals surface area (Å²) in [6.45, 7) is 5.38. The van der Waals surface area contributed by atoms with Crippen LogP contribution < -0.4 is 10.9 Å². The molecule has 2 aromatic heterocycles. The molecule has 0 unspecified atom stereocenters. The van der Waals surface area contributed by atoms with E-state index in [-0.39, 0.29) is 23.6 Å². The summed E-state index contributed by atoms with van der Waals surface area (Å²) in [5.41, 5.74) is 1.90. The minimum atomic E-state index is -0.138. The Morgan fingerprint density at radius 3 is 2.54 bits per heavy atom. The largest absolute Gasteiger partial charge is 0.361 e. The molecule has 7 heteroatoms. The number of nitrogens with zero attached hydrogens (tertiary/aromatic N) is 3. The van der Waals surface area contributed by atoms with Crippen molar-refractivity contribution in [2.45, 2.75) is 58.5 Å². The maximum atomic E-state index is 12.4. The molecule has 0 saturated heterocycles. The van der Waals surface area contributed by atoms with Crippen molar-refractivity contribution >= 4 is 5.91 Å². The Morgan fingerprint density at radius 1 is 1.21 bits per heavy atom. The zero-order chi connectivity index (χ0) is 17.3. The minimum absolute atomic E-state index is 0.0659. The quantitative estimate of drug-likeness (QED) is 0.930. The van der Waals surface area contributed by atoms with E-state index in [2.05, 4.69) is 15.6 Å². The molecule has 2 aromatic rings. The van der Waals surface area contributed by atoms with Crippen LogP contribution in [0, 0.1) is 20.8 Å². The zero-order valence-electron chi connectivity index (χ0n) is 14.2. The molecule has 2 heterocycles. The van der Waals surface area contributed by atoms with Gasteiger partial charge in [0.2, 0.25) is 0 Å². The van der Waals surface area contributed by atoms with E-state index in [4.69, 9.17) is 4.52 Å². The van der Waals surface area contributed by atoms with Gasteiger partial charge in [-0.05, 0) is 52.5 Å². The molecule has 0 bridgehead atoms. The Labute approximate surface area is 140 Å². The second-order valence-electron chi connectivity index (χ2n) is 6.44. The standard InChI is InChI=1S/C17H22N4O3/c1-10-4-9-15(22)21(19-10)14-7-5-13(6-8-14)18-17(23)16-11(2)20-24-12(16)3/h4,9,13-14H,5-8H2,1-3H3,(H,18,23). The van der Waals surface area contributed by atoms with Crippen LogP contribution in [-0.4, -0.2) is 26.9 Å². The van der Waals surface area contributed by atoms with Gasteiger partial charge in [0.1, 0.15) is 11.3 Å². The fourth-order valence-electron chi connectivity index (χ4n) is 3.31.